The number of nitrogens with one attached hydrogen (secondary N) is 1. The third kappa shape index (κ3) is 2.20. The molecule has 3 heteroatoms. The van der Waals surface area contributed by atoms with Crippen LogP contribution in [-0.2, 0) is 0 Å². The predicted molar refractivity (Wildman–Crippen MR) is 67.0 cm³/mol. The van der Waals surface area contributed by atoms with E-state index in [0.717, 1.165) is 16.4 Å². The summed E-state index contributed by atoms with van der Waals surface area (Å²) in [6, 6.07) is 6.67. The van der Waals surface area contributed by atoms with Crippen LogP contribution in [0.3, 0.4) is 0 Å². The first-order chi connectivity index (χ1) is 7.18. The van der Waals surface area contributed by atoms with Crippen LogP contribution in [0.1, 0.15) is 19.3 Å². The molecule has 0 radical (unpaired) electrons. The third-order valence-corrected chi connectivity index (χ3v) is 3.20. The minimum atomic E-state index is 0.641. The van der Waals surface area contributed by atoms with Gasteiger partial charge in [0.05, 0.1) is 16.4 Å². The highest BCUT2D eigenvalue weighted by Gasteiger charge is 2.19. The minimum Gasteiger partial charge on any atom is -0.381 e. The van der Waals surface area contributed by atoms with Crippen LogP contribution in [0, 0.1) is 0 Å². The lowest BCUT2D eigenvalue weighted by atomic mass is 9.93. The van der Waals surface area contributed by atoms with Crippen LogP contribution < -0.4 is 10.2 Å². The van der Waals surface area contributed by atoms with Crippen LogP contribution in [0.5, 0.6) is 0 Å². The number of rotatable bonds is 3. The number of benzene rings is 1. The van der Waals surface area contributed by atoms with Crippen LogP contribution >= 0.6 is 11.6 Å². The van der Waals surface area contributed by atoms with Gasteiger partial charge in [-0.15, -0.1) is 0 Å². The topological polar surface area (TPSA) is 15.3 Å². The summed E-state index contributed by atoms with van der Waals surface area (Å²) in [5, 5.41) is 4.35. The fraction of sp³-hybridized carbons (Fsp3) is 0.500. The fourth-order valence-electron chi connectivity index (χ4n) is 1.86. The van der Waals surface area contributed by atoms with Crippen molar-refractivity contribution in [2.45, 2.75) is 25.3 Å². The Morgan fingerprint density at radius 3 is 2.60 bits per heavy atom. The molecule has 0 heterocycles. The van der Waals surface area contributed by atoms with Gasteiger partial charge in [-0.25, -0.2) is 0 Å². The monoisotopic (exact) mass is 224 g/mol. The highest BCUT2D eigenvalue weighted by atomic mass is 35.5. The molecule has 0 bridgehead atoms. The average molecular weight is 225 g/mol. The molecule has 82 valence electrons. The molecular weight excluding hydrogens is 208 g/mol. The second-order valence-corrected chi connectivity index (χ2v) is 4.71. The smallest absolute Gasteiger partial charge is 0.0786 e. The molecule has 15 heavy (non-hydrogen) atoms. The molecule has 0 amide bonds. The Bertz CT molecular complexity index is 345. The first kappa shape index (κ1) is 10.6. The van der Waals surface area contributed by atoms with E-state index < -0.39 is 0 Å². The van der Waals surface area contributed by atoms with E-state index in [2.05, 4.69) is 16.3 Å². The number of hydrogen-bond acceptors (Lipinski definition) is 2. The van der Waals surface area contributed by atoms with Gasteiger partial charge in [0, 0.05) is 20.1 Å². The van der Waals surface area contributed by atoms with Gasteiger partial charge < -0.3 is 10.2 Å². The molecule has 1 saturated carbocycles. The standard InChI is InChI=1S/C12H17ClN2/c1-15(2)12-10(13)7-4-8-11(12)14-9-5-3-6-9/h4,7-9,14H,3,5-6H2,1-2H3. The molecule has 0 aliphatic heterocycles. The van der Waals surface area contributed by atoms with Crippen molar-refractivity contribution >= 4 is 23.0 Å². The van der Waals surface area contributed by atoms with E-state index in [1.807, 2.05) is 26.2 Å². The SMILES string of the molecule is CN(C)c1c(Cl)cccc1NC1CCC1. The van der Waals surface area contributed by atoms with Crippen molar-refractivity contribution in [3.05, 3.63) is 23.2 Å². The van der Waals surface area contributed by atoms with Gasteiger partial charge in [0.25, 0.3) is 0 Å². The van der Waals surface area contributed by atoms with E-state index in [4.69, 9.17) is 11.6 Å². The van der Waals surface area contributed by atoms with Gasteiger partial charge in [0.1, 0.15) is 0 Å². The van der Waals surface area contributed by atoms with Gasteiger partial charge in [-0.1, -0.05) is 17.7 Å². The van der Waals surface area contributed by atoms with Crippen molar-refractivity contribution < 1.29 is 0 Å². The van der Waals surface area contributed by atoms with E-state index in [1.54, 1.807) is 0 Å². The Kier molecular flexibility index (Phi) is 3.06. The maximum absolute atomic E-state index is 6.19. The molecule has 0 atom stereocenters. The Labute approximate surface area is 96.2 Å². The van der Waals surface area contributed by atoms with Crippen LogP contribution in [0.25, 0.3) is 0 Å². The molecule has 0 unspecified atom stereocenters. The van der Waals surface area contributed by atoms with E-state index in [0.29, 0.717) is 6.04 Å². The second-order valence-electron chi connectivity index (χ2n) is 4.30. The molecule has 1 aliphatic rings. The highest BCUT2D eigenvalue weighted by Crippen LogP contribution is 2.34. The van der Waals surface area contributed by atoms with Crippen molar-refractivity contribution in [3.63, 3.8) is 0 Å². The fourth-order valence-corrected chi connectivity index (χ4v) is 2.20. The zero-order valence-corrected chi connectivity index (χ0v) is 10.0. The van der Waals surface area contributed by atoms with Crippen LogP contribution in [0.15, 0.2) is 18.2 Å². The summed E-state index contributed by atoms with van der Waals surface area (Å²) in [6.07, 6.45) is 3.90. The van der Waals surface area contributed by atoms with Crippen molar-refractivity contribution in [1.29, 1.82) is 0 Å². The molecule has 1 aromatic carbocycles. The summed E-state index contributed by atoms with van der Waals surface area (Å²) in [5.74, 6) is 0. The lowest BCUT2D eigenvalue weighted by molar-refractivity contribution is 0.445. The summed E-state index contributed by atoms with van der Waals surface area (Å²) < 4.78 is 0. The van der Waals surface area contributed by atoms with E-state index >= 15 is 0 Å². The largest absolute Gasteiger partial charge is 0.381 e. The molecular formula is C12H17ClN2. The maximum Gasteiger partial charge on any atom is 0.0786 e. The Morgan fingerprint density at radius 2 is 2.07 bits per heavy atom. The first-order valence-corrected chi connectivity index (χ1v) is 5.78. The van der Waals surface area contributed by atoms with Gasteiger partial charge in [0.2, 0.25) is 0 Å². The zero-order chi connectivity index (χ0) is 10.8. The first-order valence-electron chi connectivity index (χ1n) is 5.41. The van der Waals surface area contributed by atoms with Crippen molar-refractivity contribution in [3.8, 4) is 0 Å². The Balaban J connectivity index is 2.23. The quantitative estimate of drug-likeness (QED) is 0.847. The summed E-state index contributed by atoms with van der Waals surface area (Å²) in [7, 11) is 4.04. The lowest BCUT2D eigenvalue weighted by Crippen LogP contribution is -2.28. The number of anilines is 2. The zero-order valence-electron chi connectivity index (χ0n) is 9.26. The van der Waals surface area contributed by atoms with E-state index in [-0.39, 0.29) is 0 Å². The summed E-state index contributed by atoms with van der Waals surface area (Å²) in [6.45, 7) is 0. The number of halogens is 1. The van der Waals surface area contributed by atoms with Gasteiger partial charge in [-0.2, -0.15) is 0 Å². The third-order valence-electron chi connectivity index (χ3n) is 2.90. The second kappa shape index (κ2) is 4.31. The number of nitrogens with zero attached hydrogens (tertiary/aromatic N) is 1. The highest BCUT2D eigenvalue weighted by molar-refractivity contribution is 6.34. The van der Waals surface area contributed by atoms with E-state index in [1.165, 1.54) is 19.3 Å². The number of para-hydroxylation sites is 1. The molecule has 0 spiro atoms. The maximum atomic E-state index is 6.19. The molecule has 0 aromatic heterocycles. The van der Waals surface area contributed by atoms with Crippen LogP contribution in [-0.4, -0.2) is 20.1 Å². The average Bonchev–Trinajstić information content (AvgIpc) is 2.10. The molecule has 1 aliphatic carbocycles. The molecule has 1 aromatic rings. The summed E-state index contributed by atoms with van der Waals surface area (Å²) in [5.41, 5.74) is 2.24. The predicted octanol–water partition coefficient (Wildman–Crippen LogP) is 3.37. The van der Waals surface area contributed by atoms with Crippen molar-refractivity contribution in [2.24, 2.45) is 0 Å². The van der Waals surface area contributed by atoms with Gasteiger partial charge >= 0.3 is 0 Å². The molecule has 1 fully saturated rings. The molecule has 0 saturated heterocycles. The minimum absolute atomic E-state index is 0.641. The summed E-state index contributed by atoms with van der Waals surface area (Å²) in [4.78, 5) is 2.06. The van der Waals surface area contributed by atoms with Crippen molar-refractivity contribution in [1.82, 2.24) is 0 Å². The Morgan fingerprint density at radius 1 is 1.33 bits per heavy atom. The molecule has 1 N–H and O–H groups in total. The van der Waals surface area contributed by atoms with Gasteiger partial charge in [-0.3, -0.25) is 0 Å². The molecule has 2 nitrogen and oxygen atoms in total. The number of hydrogen-bond donors (Lipinski definition) is 1. The van der Waals surface area contributed by atoms with Gasteiger partial charge in [-0.05, 0) is 31.4 Å². The van der Waals surface area contributed by atoms with Crippen LogP contribution in [0.2, 0.25) is 5.02 Å². The van der Waals surface area contributed by atoms with Gasteiger partial charge in [0.15, 0.2) is 0 Å². The van der Waals surface area contributed by atoms with E-state index in [9.17, 15) is 0 Å². The summed E-state index contributed by atoms with van der Waals surface area (Å²) >= 11 is 6.19. The lowest BCUT2D eigenvalue weighted by Gasteiger charge is -2.30. The van der Waals surface area contributed by atoms with Crippen molar-refractivity contribution in [2.75, 3.05) is 24.3 Å². The normalized spacial score (nSPS) is 15.9. The van der Waals surface area contributed by atoms with Crippen LogP contribution in [0.4, 0.5) is 11.4 Å². The Hall–Kier alpha value is -0.890. The molecule has 2 rings (SSSR count).